The first-order valence-corrected chi connectivity index (χ1v) is 17.4. The zero-order chi connectivity index (χ0) is 34.0. The van der Waals surface area contributed by atoms with Crippen LogP contribution < -0.4 is 20.7 Å². The summed E-state index contributed by atoms with van der Waals surface area (Å²) < 4.78 is 63.0. The maximum absolute atomic E-state index is 13.2. The molecule has 46 heavy (non-hydrogen) atoms. The van der Waals surface area contributed by atoms with Crippen molar-refractivity contribution >= 4 is 23.5 Å². The number of nitrogens with zero attached hydrogens (tertiary/aromatic N) is 1. The second kappa shape index (κ2) is 14.0. The summed E-state index contributed by atoms with van der Waals surface area (Å²) in [5.41, 5.74) is -0.624. The third-order valence-electron chi connectivity index (χ3n) is 6.63. The van der Waals surface area contributed by atoms with E-state index in [0.29, 0.717) is 22.6 Å². The van der Waals surface area contributed by atoms with Crippen molar-refractivity contribution in [1.29, 1.82) is 0 Å². The van der Waals surface area contributed by atoms with Crippen LogP contribution in [-0.2, 0) is 31.6 Å². The van der Waals surface area contributed by atoms with Crippen molar-refractivity contribution < 1.29 is 70.8 Å². The molecule has 0 saturated carbocycles. The SMILES string of the molecule is COc1ccc(C(c2ccc(OC)cc2)c2cn([C@@H]3O[C@H](COP(=O)(O)OP(=O)(O)OP(=O)(O)O)[C@@H](O)[C@H]3O)c(=O)[nH]c2=O)cc1. The van der Waals surface area contributed by atoms with Crippen molar-refractivity contribution in [2.75, 3.05) is 20.8 Å². The predicted molar refractivity (Wildman–Crippen MR) is 154 cm³/mol. The number of phosphoric acid groups is 3. The largest absolute Gasteiger partial charge is 0.497 e. The van der Waals surface area contributed by atoms with E-state index in [2.05, 4.69) is 18.1 Å². The highest BCUT2D eigenvalue weighted by Crippen LogP contribution is 2.66. The lowest BCUT2D eigenvalue weighted by molar-refractivity contribution is -0.0543. The number of benzene rings is 2. The van der Waals surface area contributed by atoms with E-state index in [-0.39, 0.29) is 5.56 Å². The molecule has 4 rings (SSSR count). The summed E-state index contributed by atoms with van der Waals surface area (Å²) in [6.45, 7) is -1.11. The number of hydrogen-bond acceptors (Lipinski definition) is 13. The van der Waals surface area contributed by atoms with E-state index in [4.69, 9.17) is 24.0 Å². The minimum Gasteiger partial charge on any atom is -0.497 e. The first-order chi connectivity index (χ1) is 21.4. The molecule has 0 radical (unpaired) electrons. The van der Waals surface area contributed by atoms with E-state index >= 15 is 0 Å². The Balaban J connectivity index is 1.64. The number of nitrogens with one attached hydrogen (secondary N) is 1. The number of aromatic amines is 1. The van der Waals surface area contributed by atoms with Gasteiger partial charge in [0.2, 0.25) is 0 Å². The predicted octanol–water partition coefficient (Wildman–Crippen LogP) is 0.697. The highest BCUT2D eigenvalue weighted by molar-refractivity contribution is 7.66. The van der Waals surface area contributed by atoms with Crippen LogP contribution in [0.2, 0.25) is 0 Å². The third-order valence-corrected chi connectivity index (χ3v) is 10.4. The van der Waals surface area contributed by atoms with Crippen LogP contribution in [0.15, 0.2) is 64.3 Å². The summed E-state index contributed by atoms with van der Waals surface area (Å²) in [6.07, 6.45) is -6.03. The molecule has 252 valence electrons. The van der Waals surface area contributed by atoms with Gasteiger partial charge in [-0.15, -0.1) is 0 Å². The molecule has 2 heterocycles. The number of rotatable bonds is 13. The smallest absolute Gasteiger partial charge is 0.490 e. The lowest BCUT2D eigenvalue weighted by Crippen LogP contribution is -2.39. The van der Waals surface area contributed by atoms with Crippen molar-refractivity contribution in [2.24, 2.45) is 0 Å². The van der Waals surface area contributed by atoms with Crippen LogP contribution >= 0.6 is 23.5 Å². The summed E-state index contributed by atoms with van der Waals surface area (Å²) in [5, 5.41) is 21.3. The van der Waals surface area contributed by atoms with E-state index in [1.54, 1.807) is 48.5 Å². The topological polar surface area (TPSA) is 283 Å². The fourth-order valence-electron chi connectivity index (χ4n) is 4.61. The number of hydrogen-bond donors (Lipinski definition) is 7. The number of H-pyrrole nitrogens is 1. The Hall–Kier alpha value is -2.99. The zero-order valence-corrected chi connectivity index (χ0v) is 26.4. The molecule has 2 aromatic carbocycles. The number of phosphoric ester groups is 1. The molecule has 1 aliphatic heterocycles. The summed E-state index contributed by atoms with van der Waals surface area (Å²) in [7, 11) is -14.1. The van der Waals surface area contributed by atoms with E-state index < -0.39 is 71.8 Å². The van der Waals surface area contributed by atoms with Crippen LogP contribution in [-0.4, -0.2) is 78.5 Å². The first-order valence-electron chi connectivity index (χ1n) is 12.9. The van der Waals surface area contributed by atoms with Crippen LogP contribution in [0.5, 0.6) is 11.5 Å². The standard InChI is InChI=1S/C24H29N2O17P3/c1-38-15-7-3-13(4-8-15)19(14-5-9-16(39-2)10-6-14)17-11-26(24(30)25-22(17)29)23-21(28)20(27)18(41-23)12-40-45(34,35)43-46(36,37)42-44(31,32)33/h3-11,18-21,23,27-28H,12H2,1-2H3,(H,34,35)(H,36,37)(H,25,29,30)(H2,31,32,33)/t18-,20-,21-,23-/m1/s1. The molecule has 1 fully saturated rings. The second-order valence-corrected chi connectivity index (χ2v) is 14.1. The van der Waals surface area contributed by atoms with Gasteiger partial charge < -0.3 is 44.0 Å². The molecule has 0 bridgehead atoms. The van der Waals surface area contributed by atoms with Crippen molar-refractivity contribution in [3.63, 3.8) is 0 Å². The number of aliphatic hydroxyl groups excluding tert-OH is 2. The van der Waals surface area contributed by atoms with Gasteiger partial charge in [0.25, 0.3) is 5.56 Å². The van der Waals surface area contributed by atoms with Gasteiger partial charge in [-0.3, -0.25) is 18.9 Å². The minimum absolute atomic E-state index is 0.0111. The molecule has 0 amide bonds. The molecule has 1 aromatic heterocycles. The highest BCUT2D eigenvalue weighted by atomic mass is 31.3. The van der Waals surface area contributed by atoms with Gasteiger partial charge in [0, 0.05) is 17.7 Å². The van der Waals surface area contributed by atoms with Crippen LogP contribution in [0, 0.1) is 0 Å². The van der Waals surface area contributed by atoms with Crippen molar-refractivity contribution in [3.8, 4) is 11.5 Å². The van der Waals surface area contributed by atoms with Crippen LogP contribution in [0.3, 0.4) is 0 Å². The fourth-order valence-corrected chi connectivity index (χ4v) is 7.64. The zero-order valence-electron chi connectivity index (χ0n) is 23.8. The van der Waals surface area contributed by atoms with Crippen molar-refractivity contribution in [3.05, 3.63) is 92.3 Å². The van der Waals surface area contributed by atoms with Gasteiger partial charge in [0.15, 0.2) is 6.23 Å². The molecular weight excluding hydrogens is 681 g/mol. The quantitative estimate of drug-likeness (QED) is 0.120. The molecule has 1 saturated heterocycles. The minimum atomic E-state index is -5.82. The van der Waals surface area contributed by atoms with Gasteiger partial charge in [0.05, 0.1) is 20.8 Å². The Morgan fingerprint density at radius 3 is 1.83 bits per heavy atom. The first kappa shape index (κ1) is 35.9. The summed E-state index contributed by atoms with van der Waals surface area (Å²) in [6, 6.07) is 13.5. The molecule has 19 nitrogen and oxygen atoms in total. The average Bonchev–Trinajstić information content (AvgIpc) is 3.24. The molecule has 1 aliphatic rings. The molecule has 3 aromatic rings. The second-order valence-electron chi connectivity index (χ2n) is 9.66. The van der Waals surface area contributed by atoms with Gasteiger partial charge in [-0.25, -0.2) is 18.5 Å². The summed E-state index contributed by atoms with van der Waals surface area (Å²) in [4.78, 5) is 64.6. The van der Waals surface area contributed by atoms with E-state index in [0.717, 1.165) is 10.8 Å². The number of ether oxygens (including phenoxy) is 3. The van der Waals surface area contributed by atoms with E-state index in [1.165, 1.54) is 14.2 Å². The van der Waals surface area contributed by atoms with Gasteiger partial charge in [0.1, 0.15) is 29.8 Å². The van der Waals surface area contributed by atoms with Crippen LogP contribution in [0.4, 0.5) is 0 Å². The van der Waals surface area contributed by atoms with Gasteiger partial charge >= 0.3 is 29.2 Å². The maximum Gasteiger partial charge on any atom is 0.490 e. The van der Waals surface area contributed by atoms with E-state index in [9.17, 15) is 43.3 Å². The number of aliphatic hydroxyl groups is 2. The van der Waals surface area contributed by atoms with Gasteiger partial charge in [-0.1, -0.05) is 24.3 Å². The van der Waals surface area contributed by atoms with Gasteiger partial charge in [-0.2, -0.15) is 8.62 Å². The molecular formula is C24H29N2O17P3. The Bertz CT molecular complexity index is 1740. The average molecular weight is 710 g/mol. The monoisotopic (exact) mass is 710 g/mol. The lowest BCUT2D eigenvalue weighted by atomic mass is 9.86. The molecule has 0 spiro atoms. The Morgan fingerprint density at radius 2 is 1.35 bits per heavy atom. The van der Waals surface area contributed by atoms with Crippen LogP contribution in [0.25, 0.3) is 0 Å². The fraction of sp³-hybridized carbons (Fsp3) is 0.333. The molecule has 7 N–H and O–H groups in total. The van der Waals surface area contributed by atoms with Crippen molar-refractivity contribution in [1.82, 2.24) is 9.55 Å². The maximum atomic E-state index is 13.2. The summed E-state index contributed by atoms with van der Waals surface area (Å²) >= 11 is 0. The number of methoxy groups -OCH3 is 2. The molecule has 22 heteroatoms. The Morgan fingerprint density at radius 1 is 0.826 bits per heavy atom. The molecule has 0 aliphatic carbocycles. The van der Waals surface area contributed by atoms with Crippen molar-refractivity contribution in [2.45, 2.75) is 30.5 Å². The highest BCUT2D eigenvalue weighted by Gasteiger charge is 2.47. The third kappa shape index (κ3) is 8.67. The molecule has 6 atom stereocenters. The lowest BCUT2D eigenvalue weighted by Gasteiger charge is -2.22. The Kier molecular flexibility index (Phi) is 10.9. The van der Waals surface area contributed by atoms with Gasteiger partial charge in [-0.05, 0) is 35.4 Å². The number of aromatic nitrogens is 2. The molecule has 2 unspecified atom stereocenters. The normalized spacial score (nSPS) is 22.7. The summed E-state index contributed by atoms with van der Waals surface area (Å²) in [5.74, 6) is 0.279. The van der Waals surface area contributed by atoms with Crippen LogP contribution in [0.1, 0.15) is 28.8 Å². The van der Waals surface area contributed by atoms with E-state index in [1.807, 2.05) is 0 Å². The Labute approximate surface area is 259 Å².